The Balaban J connectivity index is 0.00000961. The molecule has 0 bridgehead atoms. The quantitative estimate of drug-likeness (QED) is 0.154. The van der Waals surface area contributed by atoms with Gasteiger partial charge in [0.05, 0.1) is 23.0 Å². The minimum Gasteiger partial charge on any atom is -0.748 e. The third-order valence-corrected chi connectivity index (χ3v) is 6.16. The van der Waals surface area contributed by atoms with Gasteiger partial charge >= 0.3 is 41.5 Å². The Kier molecular flexibility index (Phi) is 17.0. The van der Waals surface area contributed by atoms with Crippen LogP contribution in [0.25, 0.3) is 0 Å². The molecule has 1 rings (SSSR count). The van der Waals surface area contributed by atoms with E-state index in [4.69, 9.17) is 9.47 Å². The van der Waals surface area contributed by atoms with Crippen LogP contribution in [-0.2, 0) is 19.6 Å². The fourth-order valence-electron chi connectivity index (χ4n) is 3.03. The first kappa shape index (κ1) is 31.1. The van der Waals surface area contributed by atoms with Gasteiger partial charge in [-0.05, 0) is 25.5 Å². The van der Waals surface area contributed by atoms with Crippen molar-refractivity contribution in [2.75, 3.05) is 13.2 Å². The van der Waals surface area contributed by atoms with E-state index in [1.54, 1.807) is 12.1 Å². The van der Waals surface area contributed by atoms with E-state index < -0.39 is 33.9 Å². The summed E-state index contributed by atoms with van der Waals surface area (Å²) in [7, 11) is -4.56. The van der Waals surface area contributed by atoms with Crippen LogP contribution in [0.5, 0.6) is 0 Å². The summed E-state index contributed by atoms with van der Waals surface area (Å²) in [4.78, 5) is 24.6. The molecule has 1 aromatic carbocycles. The molecule has 0 fully saturated rings. The zero-order valence-electron chi connectivity index (χ0n) is 19.6. The van der Waals surface area contributed by atoms with E-state index in [1.807, 2.05) is 0 Å². The zero-order valence-corrected chi connectivity index (χ0v) is 22.5. The predicted octanol–water partition coefficient (Wildman–Crippen LogP) is 1.86. The molecular weight excluding hydrogens is 443 g/mol. The number of carbonyl (C=O) groups is 2. The van der Waals surface area contributed by atoms with Gasteiger partial charge in [-0.1, -0.05) is 76.8 Å². The van der Waals surface area contributed by atoms with Gasteiger partial charge in [-0.2, -0.15) is 0 Å². The zero-order chi connectivity index (χ0) is 23.1. The van der Waals surface area contributed by atoms with Crippen LogP contribution in [0.4, 0.5) is 0 Å². The molecule has 0 amide bonds. The first-order valence-corrected chi connectivity index (χ1v) is 12.6. The summed E-state index contributed by atoms with van der Waals surface area (Å²) in [5, 5.41) is -1.37. The van der Waals surface area contributed by atoms with Crippen LogP contribution in [0.1, 0.15) is 98.8 Å². The molecule has 0 heterocycles. The van der Waals surface area contributed by atoms with Crippen molar-refractivity contribution in [3.8, 4) is 0 Å². The van der Waals surface area contributed by atoms with Crippen molar-refractivity contribution in [1.82, 2.24) is 0 Å². The average Bonchev–Trinajstić information content (AvgIpc) is 2.74. The van der Waals surface area contributed by atoms with Gasteiger partial charge in [0.1, 0.15) is 16.7 Å². The van der Waals surface area contributed by atoms with Crippen LogP contribution in [0.2, 0.25) is 0 Å². The molecule has 0 aliphatic heterocycles. The predicted molar refractivity (Wildman–Crippen MR) is 118 cm³/mol. The fourth-order valence-corrected chi connectivity index (χ4v) is 3.26. The maximum atomic E-state index is 12.4. The summed E-state index contributed by atoms with van der Waals surface area (Å²) >= 11 is 0. The molecule has 0 radical (unpaired) electrons. The molecule has 0 N–H and O–H groups in total. The summed E-state index contributed by atoms with van der Waals surface area (Å²) in [6, 6.07) is 6.00. The largest absolute Gasteiger partial charge is 1.00 e. The summed E-state index contributed by atoms with van der Waals surface area (Å²) in [6.45, 7) is 3.06. The number of rotatable bonds is 16. The Hall–Kier alpha value is -0.930. The summed E-state index contributed by atoms with van der Waals surface area (Å²) < 4.78 is 42.9. The molecule has 0 saturated carbocycles. The van der Waals surface area contributed by atoms with Gasteiger partial charge in [0.2, 0.25) is 0 Å². The molecule has 0 aliphatic carbocycles. The van der Waals surface area contributed by atoms with Gasteiger partial charge < -0.3 is 14.0 Å². The van der Waals surface area contributed by atoms with Crippen LogP contribution in [0.3, 0.4) is 0 Å². The fraction of sp³-hybridized carbons (Fsp3) is 0.652. The smallest absolute Gasteiger partial charge is 0.748 e. The molecule has 0 aromatic heterocycles. The van der Waals surface area contributed by atoms with Crippen LogP contribution < -0.4 is 29.6 Å². The first-order valence-electron chi connectivity index (χ1n) is 11.1. The Morgan fingerprint density at radius 3 is 1.75 bits per heavy atom. The van der Waals surface area contributed by atoms with Gasteiger partial charge in [-0.3, -0.25) is 0 Å². The Labute approximate surface area is 214 Å². The Morgan fingerprint density at radius 2 is 1.28 bits per heavy atom. The second kappa shape index (κ2) is 17.5. The van der Waals surface area contributed by atoms with Crippen molar-refractivity contribution in [1.29, 1.82) is 0 Å². The molecule has 32 heavy (non-hydrogen) atoms. The van der Waals surface area contributed by atoms with Gasteiger partial charge in [-0.15, -0.1) is 0 Å². The van der Waals surface area contributed by atoms with Crippen molar-refractivity contribution in [3.63, 3.8) is 0 Å². The topological polar surface area (TPSA) is 110 Å². The van der Waals surface area contributed by atoms with E-state index >= 15 is 0 Å². The number of ether oxygens (including phenoxy) is 2. The van der Waals surface area contributed by atoms with Crippen molar-refractivity contribution in [2.24, 2.45) is 0 Å². The van der Waals surface area contributed by atoms with E-state index in [-0.39, 0.29) is 47.3 Å². The SMILES string of the molecule is CCCCCCCCCCCCOC(=O)c1ccccc1C(=O)OCC(C)S(=O)(=O)[O-].[Na+]. The summed E-state index contributed by atoms with van der Waals surface area (Å²) in [6.07, 6.45) is 11.7. The molecular formula is C23H35NaO7S. The first-order chi connectivity index (χ1) is 14.8. The second-order valence-electron chi connectivity index (χ2n) is 7.77. The minimum atomic E-state index is -4.56. The van der Waals surface area contributed by atoms with Crippen LogP contribution >= 0.6 is 0 Å². The van der Waals surface area contributed by atoms with E-state index in [0.29, 0.717) is 0 Å². The number of hydrogen-bond acceptors (Lipinski definition) is 7. The maximum Gasteiger partial charge on any atom is 1.00 e. The van der Waals surface area contributed by atoms with Crippen molar-refractivity contribution in [2.45, 2.75) is 83.3 Å². The molecule has 0 aliphatic rings. The number of carbonyl (C=O) groups excluding carboxylic acids is 2. The maximum absolute atomic E-state index is 12.4. The Morgan fingerprint density at radius 1 is 0.844 bits per heavy atom. The molecule has 0 saturated heterocycles. The Bertz CT molecular complexity index is 780. The standard InChI is InChI=1S/C23H36O7S.Na/c1-3-4-5-6-7-8-9-10-11-14-17-29-22(24)20-15-12-13-16-21(20)23(25)30-18-19(2)31(26,27)28;/h12-13,15-16,19H,3-11,14,17-18H2,1-2H3,(H,26,27,28);/q;+1/p-1. The van der Waals surface area contributed by atoms with E-state index in [2.05, 4.69) is 6.92 Å². The molecule has 176 valence electrons. The molecule has 1 unspecified atom stereocenters. The molecule has 7 nitrogen and oxygen atoms in total. The third-order valence-electron chi connectivity index (χ3n) is 5.04. The second-order valence-corrected chi connectivity index (χ2v) is 9.56. The molecule has 0 spiro atoms. The number of hydrogen-bond donors (Lipinski definition) is 0. The van der Waals surface area contributed by atoms with Gasteiger partial charge in [0, 0.05) is 0 Å². The number of unbranched alkanes of at least 4 members (excludes halogenated alkanes) is 9. The third kappa shape index (κ3) is 12.9. The van der Waals surface area contributed by atoms with Gasteiger partial charge in [-0.25, -0.2) is 18.0 Å². The summed E-state index contributed by atoms with van der Waals surface area (Å²) in [5.74, 6) is -1.50. The van der Waals surface area contributed by atoms with Gasteiger partial charge in [0.15, 0.2) is 0 Å². The average molecular weight is 479 g/mol. The van der Waals surface area contributed by atoms with Crippen molar-refractivity contribution < 1.29 is 61.6 Å². The molecule has 1 atom stereocenters. The van der Waals surface area contributed by atoms with Gasteiger partial charge in [0.25, 0.3) is 0 Å². The number of esters is 2. The van der Waals surface area contributed by atoms with E-state index in [0.717, 1.165) is 26.2 Å². The minimum absolute atomic E-state index is 0. The van der Waals surface area contributed by atoms with Crippen molar-refractivity contribution in [3.05, 3.63) is 35.4 Å². The van der Waals surface area contributed by atoms with Crippen molar-refractivity contribution >= 4 is 22.1 Å². The number of benzene rings is 1. The van der Waals surface area contributed by atoms with Crippen LogP contribution in [-0.4, -0.2) is 43.4 Å². The monoisotopic (exact) mass is 478 g/mol. The molecule has 1 aromatic rings. The van der Waals surface area contributed by atoms with E-state index in [1.165, 1.54) is 57.1 Å². The van der Waals surface area contributed by atoms with Crippen LogP contribution in [0, 0.1) is 0 Å². The van der Waals surface area contributed by atoms with E-state index in [9.17, 15) is 22.6 Å². The molecule has 9 heteroatoms. The van der Waals surface area contributed by atoms with Crippen LogP contribution in [0.15, 0.2) is 24.3 Å². The summed E-state index contributed by atoms with van der Waals surface area (Å²) in [5.41, 5.74) is 0.0308. The normalized spacial score (nSPS) is 12.0.